The van der Waals surface area contributed by atoms with Gasteiger partial charge in [0.2, 0.25) is 5.91 Å². The molecule has 1 aromatic carbocycles. The van der Waals surface area contributed by atoms with E-state index in [1.54, 1.807) is 23.5 Å². The summed E-state index contributed by atoms with van der Waals surface area (Å²) in [5.74, 6) is 0.120. The molecule has 3 aromatic rings. The zero-order chi connectivity index (χ0) is 18.1. The molecular weight excluding hydrogens is 357 g/mol. The summed E-state index contributed by atoms with van der Waals surface area (Å²) < 4.78 is 13.3. The number of aryl methyl sites for hydroxylation is 3. The molecule has 0 saturated heterocycles. The number of amides is 1. The van der Waals surface area contributed by atoms with Crippen molar-refractivity contribution < 1.29 is 9.18 Å². The van der Waals surface area contributed by atoms with Gasteiger partial charge in [0, 0.05) is 16.0 Å². The van der Waals surface area contributed by atoms with Crippen molar-refractivity contribution in [3.05, 3.63) is 46.3 Å². The first kappa shape index (κ1) is 17.8. The number of carbonyl (C=O) groups is 1. The van der Waals surface area contributed by atoms with Crippen molar-refractivity contribution >= 4 is 44.9 Å². The maximum atomic E-state index is 13.3. The Bertz CT molecular complexity index is 955. The molecule has 1 amide bonds. The Hall–Kier alpha value is -1.99. The van der Waals surface area contributed by atoms with Crippen molar-refractivity contribution in [2.75, 3.05) is 5.32 Å². The quantitative estimate of drug-likeness (QED) is 0.522. The summed E-state index contributed by atoms with van der Waals surface area (Å²) >= 11 is 3.04. The Labute approximate surface area is 153 Å². The molecular formula is C18H18FN3OS2. The molecule has 0 radical (unpaired) electrons. The van der Waals surface area contributed by atoms with Crippen LogP contribution in [0.2, 0.25) is 0 Å². The van der Waals surface area contributed by atoms with Crippen molar-refractivity contribution in [2.45, 2.75) is 38.0 Å². The van der Waals surface area contributed by atoms with E-state index >= 15 is 0 Å². The molecule has 0 aliphatic rings. The molecule has 0 spiro atoms. The van der Waals surface area contributed by atoms with E-state index in [4.69, 9.17) is 0 Å². The fourth-order valence-electron chi connectivity index (χ4n) is 2.43. The zero-order valence-electron chi connectivity index (χ0n) is 14.4. The second-order valence-electron chi connectivity index (χ2n) is 5.80. The van der Waals surface area contributed by atoms with Crippen molar-refractivity contribution in [3.8, 4) is 0 Å². The van der Waals surface area contributed by atoms with Crippen molar-refractivity contribution in [3.63, 3.8) is 0 Å². The van der Waals surface area contributed by atoms with Gasteiger partial charge >= 0.3 is 0 Å². The van der Waals surface area contributed by atoms with Gasteiger partial charge in [-0.25, -0.2) is 14.4 Å². The second-order valence-corrected chi connectivity index (χ2v) is 8.33. The van der Waals surface area contributed by atoms with Gasteiger partial charge in [0.25, 0.3) is 0 Å². The van der Waals surface area contributed by atoms with Gasteiger partial charge in [-0.2, -0.15) is 0 Å². The lowest BCUT2D eigenvalue weighted by Gasteiger charge is -2.13. The standard InChI is InChI=1S/C18H18FN3OS2/c1-9-10(2)24-17-15(9)18(21-12(4)20-17)25-11(3)16(23)22-14-7-5-6-13(19)8-14/h5-8,11H,1-4H3,(H,22,23)/t11-/m1/s1. The number of carbonyl (C=O) groups excluding carboxylic acids is 1. The highest BCUT2D eigenvalue weighted by Gasteiger charge is 2.20. The first-order chi connectivity index (χ1) is 11.8. The number of benzene rings is 1. The zero-order valence-corrected chi connectivity index (χ0v) is 16.0. The fourth-order valence-corrected chi connectivity index (χ4v) is 4.62. The van der Waals surface area contributed by atoms with E-state index in [0.29, 0.717) is 11.5 Å². The number of thioether (sulfide) groups is 1. The van der Waals surface area contributed by atoms with E-state index < -0.39 is 0 Å². The summed E-state index contributed by atoms with van der Waals surface area (Å²) in [4.78, 5) is 23.6. The molecule has 3 rings (SSSR count). The average molecular weight is 375 g/mol. The van der Waals surface area contributed by atoms with E-state index in [1.165, 1.54) is 28.8 Å². The lowest BCUT2D eigenvalue weighted by molar-refractivity contribution is -0.115. The summed E-state index contributed by atoms with van der Waals surface area (Å²) in [6, 6.07) is 5.87. The first-order valence-corrected chi connectivity index (χ1v) is 9.52. The Morgan fingerprint density at radius 1 is 1.28 bits per heavy atom. The maximum absolute atomic E-state index is 13.3. The number of thiophene rings is 1. The Kier molecular flexibility index (Phi) is 5.06. The van der Waals surface area contributed by atoms with Gasteiger partial charge in [0.15, 0.2) is 0 Å². The number of nitrogens with one attached hydrogen (secondary N) is 1. The first-order valence-electron chi connectivity index (χ1n) is 7.82. The predicted octanol–water partition coefficient (Wildman–Crippen LogP) is 4.87. The minimum Gasteiger partial charge on any atom is -0.325 e. The van der Waals surface area contributed by atoms with E-state index in [2.05, 4.69) is 29.1 Å². The number of rotatable bonds is 4. The summed E-state index contributed by atoms with van der Waals surface area (Å²) in [7, 11) is 0. The molecule has 0 aliphatic carbocycles. The Balaban J connectivity index is 1.84. The number of aromatic nitrogens is 2. The van der Waals surface area contributed by atoms with Crippen molar-refractivity contribution in [2.24, 2.45) is 0 Å². The summed E-state index contributed by atoms with van der Waals surface area (Å²) in [5, 5.41) is 4.20. The lowest BCUT2D eigenvalue weighted by Crippen LogP contribution is -2.22. The smallest absolute Gasteiger partial charge is 0.237 e. The third-order valence-corrected chi connectivity index (χ3v) is 6.04. The van der Waals surface area contributed by atoms with Crippen LogP contribution in [-0.2, 0) is 4.79 Å². The van der Waals surface area contributed by atoms with Crippen LogP contribution in [0.4, 0.5) is 10.1 Å². The molecule has 0 bridgehead atoms. The molecule has 2 aromatic heterocycles. The molecule has 0 aliphatic heterocycles. The normalized spacial score (nSPS) is 12.4. The SMILES string of the molecule is Cc1nc(S[C@H](C)C(=O)Nc2cccc(F)c2)c2c(C)c(C)sc2n1. The number of halogens is 1. The van der Waals surface area contributed by atoms with Crippen LogP contribution in [0.5, 0.6) is 0 Å². The Morgan fingerprint density at radius 3 is 2.76 bits per heavy atom. The molecule has 0 unspecified atom stereocenters. The average Bonchev–Trinajstić information content (AvgIpc) is 2.81. The molecule has 2 heterocycles. The van der Waals surface area contributed by atoms with E-state index in [0.717, 1.165) is 20.8 Å². The van der Waals surface area contributed by atoms with Crippen LogP contribution in [0.25, 0.3) is 10.2 Å². The molecule has 1 N–H and O–H groups in total. The lowest BCUT2D eigenvalue weighted by atomic mass is 10.2. The second kappa shape index (κ2) is 7.09. The minimum absolute atomic E-state index is 0.190. The number of anilines is 1. The van der Waals surface area contributed by atoms with Gasteiger partial charge in [-0.15, -0.1) is 11.3 Å². The van der Waals surface area contributed by atoms with Crippen molar-refractivity contribution in [1.82, 2.24) is 9.97 Å². The van der Waals surface area contributed by atoms with Crippen LogP contribution in [0.15, 0.2) is 29.3 Å². The molecule has 0 saturated carbocycles. The van der Waals surface area contributed by atoms with E-state index in [9.17, 15) is 9.18 Å². The van der Waals surface area contributed by atoms with Gasteiger partial charge in [0.1, 0.15) is 21.5 Å². The molecule has 4 nitrogen and oxygen atoms in total. The molecule has 130 valence electrons. The van der Waals surface area contributed by atoms with Crippen LogP contribution < -0.4 is 5.32 Å². The predicted molar refractivity (Wildman–Crippen MR) is 102 cm³/mol. The largest absolute Gasteiger partial charge is 0.325 e. The van der Waals surface area contributed by atoms with Gasteiger partial charge in [0.05, 0.1) is 5.25 Å². The summed E-state index contributed by atoms with van der Waals surface area (Å²) in [5.41, 5.74) is 1.60. The van der Waals surface area contributed by atoms with Crippen LogP contribution in [0.1, 0.15) is 23.2 Å². The van der Waals surface area contributed by atoms with E-state index in [1.807, 2.05) is 13.8 Å². The highest BCUT2D eigenvalue weighted by molar-refractivity contribution is 8.00. The van der Waals surface area contributed by atoms with Crippen LogP contribution in [0.3, 0.4) is 0 Å². The van der Waals surface area contributed by atoms with E-state index in [-0.39, 0.29) is 17.0 Å². The number of hydrogen-bond acceptors (Lipinski definition) is 5. The highest BCUT2D eigenvalue weighted by Crippen LogP contribution is 2.36. The van der Waals surface area contributed by atoms with Gasteiger partial charge in [-0.1, -0.05) is 17.8 Å². The monoisotopic (exact) mass is 375 g/mol. The fraction of sp³-hybridized carbons (Fsp3) is 0.278. The third-order valence-electron chi connectivity index (χ3n) is 3.86. The molecule has 0 fully saturated rings. The minimum atomic E-state index is -0.379. The molecule has 25 heavy (non-hydrogen) atoms. The summed E-state index contributed by atoms with van der Waals surface area (Å²) in [6.07, 6.45) is 0. The maximum Gasteiger partial charge on any atom is 0.237 e. The van der Waals surface area contributed by atoms with Crippen LogP contribution >= 0.6 is 23.1 Å². The van der Waals surface area contributed by atoms with Gasteiger partial charge in [-0.3, -0.25) is 4.79 Å². The van der Waals surface area contributed by atoms with Crippen LogP contribution in [0, 0.1) is 26.6 Å². The topological polar surface area (TPSA) is 54.9 Å². The number of fused-ring (bicyclic) bond motifs is 1. The number of nitrogens with zero attached hydrogens (tertiary/aromatic N) is 2. The van der Waals surface area contributed by atoms with Crippen molar-refractivity contribution in [1.29, 1.82) is 0 Å². The Morgan fingerprint density at radius 2 is 2.04 bits per heavy atom. The third kappa shape index (κ3) is 3.82. The molecule has 1 atom stereocenters. The molecule has 7 heteroatoms. The van der Waals surface area contributed by atoms with Gasteiger partial charge < -0.3 is 5.32 Å². The van der Waals surface area contributed by atoms with Crippen LogP contribution in [-0.4, -0.2) is 21.1 Å². The van der Waals surface area contributed by atoms with Gasteiger partial charge in [-0.05, 0) is 51.5 Å². The summed E-state index contributed by atoms with van der Waals surface area (Å²) in [6.45, 7) is 7.78. The number of hydrogen-bond donors (Lipinski definition) is 1. The highest BCUT2D eigenvalue weighted by atomic mass is 32.2.